The number of imidazole rings is 1. The van der Waals surface area contributed by atoms with Crippen LogP contribution in [0.2, 0.25) is 0 Å². The summed E-state index contributed by atoms with van der Waals surface area (Å²) < 4.78 is 0.822. The monoisotopic (exact) mass is 250 g/mol. The standard InChI is InChI=1S/C8H12BrClN2/c1-8(2,3)7-11-5(4-10)6(9)12-7/h4H2,1-3H3,(H,11,12). The van der Waals surface area contributed by atoms with Crippen molar-refractivity contribution < 1.29 is 0 Å². The van der Waals surface area contributed by atoms with Crippen molar-refractivity contribution in [3.8, 4) is 0 Å². The molecule has 1 aromatic rings. The summed E-state index contributed by atoms with van der Waals surface area (Å²) in [7, 11) is 0. The van der Waals surface area contributed by atoms with Crippen LogP contribution in [-0.4, -0.2) is 9.97 Å². The van der Waals surface area contributed by atoms with Gasteiger partial charge in [-0.3, -0.25) is 0 Å². The zero-order valence-electron chi connectivity index (χ0n) is 7.41. The maximum Gasteiger partial charge on any atom is 0.128 e. The van der Waals surface area contributed by atoms with Gasteiger partial charge in [0.1, 0.15) is 10.4 Å². The lowest BCUT2D eigenvalue weighted by Gasteiger charge is -2.13. The molecule has 0 unspecified atom stereocenters. The van der Waals surface area contributed by atoms with E-state index < -0.39 is 0 Å². The largest absolute Gasteiger partial charge is 0.343 e. The first kappa shape index (κ1) is 10.1. The molecule has 0 radical (unpaired) electrons. The molecule has 1 aromatic heterocycles. The van der Waals surface area contributed by atoms with Crippen molar-refractivity contribution >= 4 is 27.5 Å². The minimum Gasteiger partial charge on any atom is -0.343 e. The summed E-state index contributed by atoms with van der Waals surface area (Å²) in [5, 5.41) is 0. The molecule has 0 fully saturated rings. The predicted molar refractivity (Wildman–Crippen MR) is 54.5 cm³/mol. The molecule has 0 saturated heterocycles. The molecule has 0 atom stereocenters. The molecule has 0 aliphatic rings. The number of nitrogens with one attached hydrogen (secondary N) is 1. The van der Waals surface area contributed by atoms with E-state index in [2.05, 4.69) is 46.7 Å². The van der Waals surface area contributed by atoms with Crippen LogP contribution in [0, 0.1) is 0 Å². The second kappa shape index (κ2) is 3.38. The molecule has 1 heterocycles. The van der Waals surface area contributed by atoms with Crippen LogP contribution < -0.4 is 0 Å². The number of H-pyrrole nitrogens is 1. The molecule has 2 nitrogen and oxygen atoms in total. The first-order valence-corrected chi connectivity index (χ1v) is 5.08. The highest BCUT2D eigenvalue weighted by atomic mass is 79.9. The van der Waals surface area contributed by atoms with Crippen molar-refractivity contribution in [1.29, 1.82) is 0 Å². The number of alkyl halides is 1. The van der Waals surface area contributed by atoms with Crippen molar-refractivity contribution in [2.24, 2.45) is 0 Å². The Morgan fingerprint density at radius 1 is 1.50 bits per heavy atom. The van der Waals surface area contributed by atoms with E-state index >= 15 is 0 Å². The second-order valence-corrected chi connectivity index (χ2v) is 4.76. The van der Waals surface area contributed by atoms with Crippen LogP contribution in [0.25, 0.3) is 0 Å². The van der Waals surface area contributed by atoms with E-state index in [0.29, 0.717) is 5.88 Å². The molecule has 0 amide bonds. The van der Waals surface area contributed by atoms with E-state index in [4.69, 9.17) is 11.6 Å². The summed E-state index contributed by atoms with van der Waals surface area (Å²) in [6.07, 6.45) is 0. The number of hydrogen-bond donors (Lipinski definition) is 1. The van der Waals surface area contributed by atoms with Gasteiger partial charge in [-0.2, -0.15) is 0 Å². The summed E-state index contributed by atoms with van der Waals surface area (Å²) in [5.74, 6) is 1.42. The second-order valence-electron chi connectivity index (χ2n) is 3.74. The van der Waals surface area contributed by atoms with Gasteiger partial charge in [-0.25, -0.2) is 4.98 Å². The zero-order valence-corrected chi connectivity index (χ0v) is 9.75. The van der Waals surface area contributed by atoms with Gasteiger partial charge in [-0.1, -0.05) is 20.8 Å². The maximum atomic E-state index is 5.69. The zero-order chi connectivity index (χ0) is 9.35. The van der Waals surface area contributed by atoms with Crippen molar-refractivity contribution in [3.05, 3.63) is 16.1 Å². The average molecular weight is 252 g/mol. The molecular formula is C8H12BrClN2. The molecule has 0 aromatic carbocycles. The lowest BCUT2D eigenvalue weighted by molar-refractivity contribution is 0.551. The Kier molecular flexibility index (Phi) is 2.84. The normalized spacial score (nSPS) is 12.1. The van der Waals surface area contributed by atoms with Crippen molar-refractivity contribution in [3.63, 3.8) is 0 Å². The van der Waals surface area contributed by atoms with Gasteiger partial charge >= 0.3 is 0 Å². The molecular weight excluding hydrogens is 239 g/mol. The molecule has 1 N–H and O–H groups in total. The van der Waals surface area contributed by atoms with Crippen LogP contribution >= 0.6 is 27.5 Å². The van der Waals surface area contributed by atoms with Gasteiger partial charge in [-0.05, 0) is 15.9 Å². The Morgan fingerprint density at radius 3 is 2.33 bits per heavy atom. The fourth-order valence-electron chi connectivity index (χ4n) is 0.832. The molecule has 12 heavy (non-hydrogen) atoms. The summed E-state index contributed by atoms with van der Waals surface area (Å²) in [4.78, 5) is 7.51. The van der Waals surface area contributed by atoms with E-state index in [9.17, 15) is 0 Å². The van der Waals surface area contributed by atoms with Crippen LogP contribution in [0.15, 0.2) is 4.60 Å². The number of nitrogens with zero attached hydrogens (tertiary/aromatic N) is 1. The Hall–Kier alpha value is -0.0200. The van der Waals surface area contributed by atoms with Crippen LogP contribution in [0.3, 0.4) is 0 Å². The quantitative estimate of drug-likeness (QED) is 0.763. The summed E-state index contributed by atoms with van der Waals surface area (Å²) in [5.41, 5.74) is 0.994. The fraction of sp³-hybridized carbons (Fsp3) is 0.625. The van der Waals surface area contributed by atoms with Crippen LogP contribution in [0.1, 0.15) is 32.3 Å². The van der Waals surface area contributed by atoms with E-state index in [-0.39, 0.29) is 5.41 Å². The average Bonchev–Trinajstić information content (AvgIpc) is 2.29. The van der Waals surface area contributed by atoms with Gasteiger partial charge in [0.05, 0.1) is 11.6 Å². The highest BCUT2D eigenvalue weighted by molar-refractivity contribution is 9.10. The van der Waals surface area contributed by atoms with Gasteiger partial charge in [0.2, 0.25) is 0 Å². The summed E-state index contributed by atoms with van der Waals surface area (Å²) in [6.45, 7) is 6.32. The molecule has 0 saturated carbocycles. The highest BCUT2D eigenvalue weighted by Gasteiger charge is 2.19. The van der Waals surface area contributed by atoms with E-state index in [1.165, 1.54) is 0 Å². The third kappa shape index (κ3) is 2.02. The van der Waals surface area contributed by atoms with Gasteiger partial charge in [0.15, 0.2) is 0 Å². The van der Waals surface area contributed by atoms with Crippen molar-refractivity contribution in [2.75, 3.05) is 0 Å². The topological polar surface area (TPSA) is 28.7 Å². The van der Waals surface area contributed by atoms with E-state index in [0.717, 1.165) is 16.1 Å². The smallest absolute Gasteiger partial charge is 0.128 e. The summed E-state index contributed by atoms with van der Waals surface area (Å²) >= 11 is 9.04. The lowest BCUT2D eigenvalue weighted by Crippen LogP contribution is -2.13. The first-order valence-electron chi connectivity index (χ1n) is 3.76. The number of halogens is 2. The predicted octanol–water partition coefficient (Wildman–Crippen LogP) is 3.21. The third-order valence-electron chi connectivity index (χ3n) is 1.57. The van der Waals surface area contributed by atoms with E-state index in [1.54, 1.807) is 0 Å². The molecule has 1 rings (SSSR count). The molecule has 0 aliphatic heterocycles. The third-order valence-corrected chi connectivity index (χ3v) is 2.50. The van der Waals surface area contributed by atoms with Crippen LogP contribution in [0.5, 0.6) is 0 Å². The van der Waals surface area contributed by atoms with Crippen LogP contribution in [0.4, 0.5) is 0 Å². The molecule has 68 valence electrons. The number of aromatic amines is 1. The Balaban J connectivity index is 3.05. The SMILES string of the molecule is CC(C)(C)c1nc(Br)c(CCl)[nH]1. The highest BCUT2D eigenvalue weighted by Crippen LogP contribution is 2.24. The van der Waals surface area contributed by atoms with E-state index in [1.807, 2.05) is 0 Å². The Labute approximate surface area is 85.9 Å². The summed E-state index contributed by atoms with van der Waals surface area (Å²) in [6, 6.07) is 0. The van der Waals surface area contributed by atoms with Gasteiger partial charge in [0, 0.05) is 5.41 Å². The van der Waals surface area contributed by atoms with Gasteiger partial charge in [-0.15, -0.1) is 11.6 Å². The number of aromatic nitrogens is 2. The number of hydrogen-bond acceptors (Lipinski definition) is 1. The fourth-order valence-corrected chi connectivity index (χ4v) is 1.60. The van der Waals surface area contributed by atoms with Gasteiger partial charge < -0.3 is 4.98 Å². The first-order chi connectivity index (χ1) is 5.45. The van der Waals surface area contributed by atoms with Crippen molar-refractivity contribution in [1.82, 2.24) is 9.97 Å². The van der Waals surface area contributed by atoms with Crippen molar-refractivity contribution in [2.45, 2.75) is 32.1 Å². The maximum absolute atomic E-state index is 5.69. The molecule has 0 spiro atoms. The minimum atomic E-state index is 0.0484. The van der Waals surface area contributed by atoms with Crippen LogP contribution in [-0.2, 0) is 11.3 Å². The Morgan fingerprint density at radius 2 is 2.08 bits per heavy atom. The molecule has 0 bridgehead atoms. The van der Waals surface area contributed by atoms with Gasteiger partial charge in [0.25, 0.3) is 0 Å². The number of rotatable bonds is 1. The molecule has 0 aliphatic carbocycles. The molecule has 4 heteroatoms. The minimum absolute atomic E-state index is 0.0484. The Bertz CT molecular complexity index is 275. The lowest BCUT2D eigenvalue weighted by atomic mass is 9.96.